The molecule has 0 aliphatic carbocycles. The molecule has 0 N–H and O–H groups in total. The number of benzene rings is 3. The lowest BCUT2D eigenvalue weighted by molar-refractivity contribution is -0.143. The normalized spacial score (nSPS) is 17.9. The molecular weight excluding hydrogens is 634 g/mol. The van der Waals surface area contributed by atoms with Gasteiger partial charge in [-0.1, -0.05) is 19.9 Å². The molecule has 1 heterocycles. The van der Waals surface area contributed by atoms with Gasteiger partial charge in [-0.2, -0.15) is 39.5 Å². The summed E-state index contributed by atoms with van der Waals surface area (Å²) in [6, 6.07) is 3.56. The summed E-state index contributed by atoms with van der Waals surface area (Å²) in [6.07, 6.45) is -18.6. The van der Waals surface area contributed by atoms with Crippen molar-refractivity contribution >= 4 is 21.8 Å². The van der Waals surface area contributed by atoms with Crippen LogP contribution in [0.3, 0.4) is 0 Å². The van der Waals surface area contributed by atoms with Crippen molar-refractivity contribution in [2.45, 2.75) is 62.7 Å². The van der Waals surface area contributed by atoms with Crippen molar-refractivity contribution in [1.82, 2.24) is 4.90 Å². The highest BCUT2D eigenvalue weighted by Crippen LogP contribution is 2.47. The fourth-order valence-electron chi connectivity index (χ4n) is 5.35. The molecule has 0 spiro atoms. The first-order chi connectivity index (χ1) is 21.0. The Labute approximate surface area is 259 Å². The zero-order valence-corrected chi connectivity index (χ0v) is 24.5. The summed E-state index contributed by atoms with van der Waals surface area (Å²) in [5.74, 6) is -1.24. The average Bonchev–Trinajstić information content (AvgIpc) is 3.24. The molecular formula is C30H23B2F10NO3. The van der Waals surface area contributed by atoms with Gasteiger partial charge in [0.2, 0.25) is 0 Å². The second-order valence-corrected chi connectivity index (χ2v) is 11.1. The van der Waals surface area contributed by atoms with Gasteiger partial charge in [0.15, 0.2) is 0 Å². The second kappa shape index (κ2) is 11.8. The van der Waals surface area contributed by atoms with Gasteiger partial charge < -0.3 is 14.4 Å². The summed E-state index contributed by atoms with van der Waals surface area (Å²) >= 11 is 0. The number of hydrogen-bond donors (Lipinski definition) is 0. The fourth-order valence-corrected chi connectivity index (χ4v) is 5.35. The Balaban J connectivity index is 1.92. The number of halogens is 10. The number of hydrogen-bond acceptors (Lipinski definition) is 3. The number of carbonyl (C=O) groups is 1. The van der Waals surface area contributed by atoms with E-state index in [1.54, 1.807) is 13.8 Å². The van der Waals surface area contributed by atoms with E-state index in [0.717, 1.165) is 19.1 Å². The molecule has 1 fully saturated rings. The molecule has 4 radical (unpaired) electrons. The highest BCUT2D eigenvalue weighted by atomic mass is 19.4. The second-order valence-electron chi connectivity index (χ2n) is 11.1. The zero-order valence-electron chi connectivity index (χ0n) is 24.5. The summed E-state index contributed by atoms with van der Waals surface area (Å²) in [7, 11) is 14.0. The zero-order chi connectivity index (χ0) is 34.7. The summed E-state index contributed by atoms with van der Waals surface area (Å²) in [4.78, 5) is 13.7. The van der Waals surface area contributed by atoms with E-state index in [9.17, 15) is 48.7 Å². The van der Waals surface area contributed by atoms with Crippen LogP contribution in [0.15, 0.2) is 48.5 Å². The minimum absolute atomic E-state index is 0.0288. The van der Waals surface area contributed by atoms with Crippen LogP contribution in [-0.4, -0.2) is 39.8 Å². The Morgan fingerprint density at radius 1 is 0.804 bits per heavy atom. The molecule has 3 aromatic carbocycles. The maximum atomic E-state index is 14.8. The average molecular weight is 657 g/mol. The molecule has 4 nitrogen and oxygen atoms in total. The molecule has 0 unspecified atom stereocenters. The van der Waals surface area contributed by atoms with Crippen LogP contribution in [0.2, 0.25) is 0 Å². The van der Waals surface area contributed by atoms with Gasteiger partial charge >= 0.3 is 24.6 Å². The molecule has 46 heavy (non-hydrogen) atoms. The Bertz CT molecular complexity index is 1620. The number of ether oxygens (including phenoxy) is 2. The molecule has 1 saturated heterocycles. The predicted molar refractivity (Wildman–Crippen MR) is 148 cm³/mol. The molecule has 1 aliphatic rings. The maximum absolute atomic E-state index is 14.8. The molecule has 3 aromatic rings. The van der Waals surface area contributed by atoms with Crippen LogP contribution in [0.5, 0.6) is 5.75 Å². The van der Waals surface area contributed by atoms with Gasteiger partial charge in [0.05, 0.1) is 45.5 Å². The molecule has 2 atom stereocenters. The van der Waals surface area contributed by atoms with Crippen LogP contribution in [0.1, 0.15) is 66.2 Å². The largest absolute Gasteiger partial charge is 0.496 e. The maximum Gasteiger partial charge on any atom is 0.416 e. The van der Waals surface area contributed by atoms with Crippen molar-refractivity contribution in [1.29, 1.82) is 0 Å². The summed E-state index contributed by atoms with van der Waals surface area (Å²) < 4.78 is 148. The van der Waals surface area contributed by atoms with Gasteiger partial charge in [0.25, 0.3) is 0 Å². The van der Waals surface area contributed by atoms with Crippen LogP contribution in [0.25, 0.3) is 11.1 Å². The smallest absolute Gasteiger partial charge is 0.416 e. The van der Waals surface area contributed by atoms with Gasteiger partial charge in [-0.3, -0.25) is 0 Å². The highest BCUT2D eigenvalue weighted by Gasteiger charge is 2.49. The number of rotatable bonds is 6. The van der Waals surface area contributed by atoms with Gasteiger partial charge in [-0.15, -0.1) is 0 Å². The molecule has 0 bridgehead atoms. The van der Waals surface area contributed by atoms with Gasteiger partial charge in [-0.25, -0.2) is 9.18 Å². The quantitative estimate of drug-likeness (QED) is 0.197. The van der Waals surface area contributed by atoms with Crippen LogP contribution < -0.4 is 4.74 Å². The lowest BCUT2D eigenvalue weighted by atomic mass is 9.55. The lowest BCUT2D eigenvalue weighted by Crippen LogP contribution is -2.51. The van der Waals surface area contributed by atoms with Crippen molar-refractivity contribution < 1.29 is 58.2 Å². The Hall–Kier alpha value is -3.84. The van der Waals surface area contributed by atoms with E-state index in [1.807, 2.05) is 0 Å². The Morgan fingerprint density at radius 3 is 1.83 bits per heavy atom. The third kappa shape index (κ3) is 6.52. The van der Waals surface area contributed by atoms with E-state index < -0.39 is 81.7 Å². The summed E-state index contributed by atoms with van der Waals surface area (Å²) in [5, 5.41) is -2.73. The van der Waals surface area contributed by atoms with E-state index in [2.05, 4.69) is 0 Å². The fraction of sp³-hybridized carbons (Fsp3) is 0.367. The van der Waals surface area contributed by atoms with Crippen LogP contribution in [-0.2, 0) is 28.6 Å². The van der Waals surface area contributed by atoms with E-state index in [-0.39, 0.29) is 28.5 Å². The first-order valence-electron chi connectivity index (χ1n) is 13.4. The molecule has 1 aliphatic heterocycles. The summed E-state index contributed by atoms with van der Waals surface area (Å²) in [6.45, 7) is 4.44. The topological polar surface area (TPSA) is 38.8 Å². The number of methoxy groups -OCH3 is 1. The molecule has 1 amide bonds. The van der Waals surface area contributed by atoms with Crippen molar-refractivity contribution in [2.24, 2.45) is 0 Å². The van der Waals surface area contributed by atoms with E-state index in [1.165, 1.54) is 13.2 Å². The third-order valence-electron chi connectivity index (χ3n) is 7.62. The van der Waals surface area contributed by atoms with Crippen molar-refractivity contribution in [2.75, 3.05) is 7.11 Å². The molecule has 0 aromatic heterocycles. The SMILES string of the molecule is [B]C([B])(c1cc(C(F)(F)F)ccc1-c1cc(C(C)C)c(F)cc1OC)N1C(=O)O[C@H](c2cc(C(F)(F)F)cc(C(F)(F)F)c2)[C@@H]1C. The number of cyclic esters (lactones) is 1. The number of nitrogens with zero attached hydrogens (tertiary/aromatic N) is 1. The van der Waals surface area contributed by atoms with Gasteiger partial charge in [-0.05, 0) is 76.8 Å². The predicted octanol–water partition coefficient (Wildman–Crippen LogP) is 8.71. The minimum atomic E-state index is -5.22. The third-order valence-corrected chi connectivity index (χ3v) is 7.62. The van der Waals surface area contributed by atoms with Crippen LogP contribution in [0, 0.1) is 5.82 Å². The Kier molecular flexibility index (Phi) is 8.95. The van der Waals surface area contributed by atoms with Gasteiger partial charge in [0.1, 0.15) is 17.7 Å². The lowest BCUT2D eigenvalue weighted by Gasteiger charge is -2.40. The van der Waals surface area contributed by atoms with Crippen molar-refractivity contribution in [3.8, 4) is 16.9 Å². The molecule has 242 valence electrons. The first-order valence-corrected chi connectivity index (χ1v) is 13.4. The first kappa shape index (κ1) is 35.0. The van der Waals surface area contributed by atoms with Crippen molar-refractivity contribution in [3.05, 3.63) is 87.7 Å². The standard InChI is InChI=1S/C30H23B2F10NO3/c1-13(2)20-11-21(24(45-4)12-23(20)33)19-6-5-16(28(34,35)36)10-22(19)27(31,32)43-14(3)25(46-26(43)44)15-7-17(29(37,38)39)9-18(8-15)30(40,41)42/h5-14,25H,1-4H3/t14-,25-/m0/s1. The minimum Gasteiger partial charge on any atom is -0.496 e. The van der Waals surface area contributed by atoms with Crippen molar-refractivity contribution in [3.63, 3.8) is 0 Å². The molecule has 4 rings (SSSR count). The van der Waals surface area contributed by atoms with E-state index in [0.29, 0.717) is 29.2 Å². The van der Waals surface area contributed by atoms with E-state index in [4.69, 9.17) is 25.2 Å². The van der Waals surface area contributed by atoms with Crippen LogP contribution in [0.4, 0.5) is 48.7 Å². The number of amides is 1. The van der Waals surface area contributed by atoms with Gasteiger partial charge in [0, 0.05) is 11.6 Å². The molecule has 16 heteroatoms. The monoisotopic (exact) mass is 657 g/mol. The number of carbonyl (C=O) groups excluding carboxylic acids is 1. The number of alkyl halides is 9. The molecule has 0 saturated carbocycles. The van der Waals surface area contributed by atoms with E-state index >= 15 is 0 Å². The Morgan fingerprint density at radius 2 is 1.35 bits per heavy atom. The highest BCUT2D eigenvalue weighted by molar-refractivity contribution is 6.41. The van der Waals surface area contributed by atoms with Crippen LogP contribution >= 0.6 is 0 Å². The summed E-state index contributed by atoms with van der Waals surface area (Å²) in [5.41, 5.74) is -5.88.